The van der Waals surface area contributed by atoms with E-state index in [4.69, 9.17) is 0 Å². The number of sulfonamides is 1. The van der Waals surface area contributed by atoms with Gasteiger partial charge >= 0.3 is 0 Å². The van der Waals surface area contributed by atoms with E-state index in [2.05, 4.69) is 5.32 Å². The molecule has 0 aliphatic heterocycles. The van der Waals surface area contributed by atoms with Crippen LogP contribution in [0.4, 0.5) is 11.4 Å². The predicted molar refractivity (Wildman–Crippen MR) is 92.3 cm³/mol. The Morgan fingerprint density at radius 2 is 1.65 bits per heavy atom. The lowest BCUT2D eigenvalue weighted by Gasteiger charge is -2.22. The first-order chi connectivity index (χ1) is 10.7. The average molecular weight is 332 g/mol. The summed E-state index contributed by atoms with van der Waals surface area (Å²) in [7, 11) is -2.12. The summed E-state index contributed by atoms with van der Waals surface area (Å²) in [5.74, 6) is -0.201. The van der Waals surface area contributed by atoms with Crippen LogP contribution in [0, 0.1) is 13.8 Å². The molecular formula is C17H20N2O3S. The maximum atomic E-state index is 12.8. The van der Waals surface area contributed by atoms with E-state index in [1.807, 2.05) is 32.0 Å². The molecule has 0 heterocycles. The molecule has 5 nitrogen and oxygen atoms in total. The van der Waals surface area contributed by atoms with Crippen molar-refractivity contribution >= 4 is 27.3 Å². The molecule has 0 aliphatic rings. The first kappa shape index (κ1) is 17.0. The zero-order valence-electron chi connectivity index (χ0n) is 13.6. The molecule has 23 heavy (non-hydrogen) atoms. The zero-order valence-corrected chi connectivity index (χ0v) is 14.4. The summed E-state index contributed by atoms with van der Waals surface area (Å²) in [5.41, 5.74) is 3.09. The molecule has 0 unspecified atom stereocenters. The minimum Gasteiger partial charge on any atom is -0.326 e. The highest BCUT2D eigenvalue weighted by Gasteiger charge is 2.22. The molecular weight excluding hydrogens is 312 g/mol. The number of rotatable bonds is 4. The van der Waals surface area contributed by atoms with Crippen molar-refractivity contribution in [2.45, 2.75) is 25.7 Å². The highest BCUT2D eigenvalue weighted by atomic mass is 32.2. The van der Waals surface area contributed by atoms with Gasteiger partial charge in [0.25, 0.3) is 10.0 Å². The van der Waals surface area contributed by atoms with E-state index < -0.39 is 10.0 Å². The molecule has 2 aromatic carbocycles. The van der Waals surface area contributed by atoms with Crippen LogP contribution in [0.1, 0.15) is 18.1 Å². The average Bonchev–Trinajstić information content (AvgIpc) is 2.49. The second-order valence-corrected chi connectivity index (χ2v) is 7.44. The van der Waals surface area contributed by atoms with Crippen LogP contribution in [0.5, 0.6) is 0 Å². The van der Waals surface area contributed by atoms with Crippen LogP contribution in [0.2, 0.25) is 0 Å². The standard InChI is InChI=1S/C17H20N2O3S/c1-12-5-6-13(2)17(11-12)19(4)23(21,22)16-9-7-15(8-10-16)18-14(3)20/h5-11H,1-4H3,(H,18,20). The second kappa shape index (κ2) is 6.42. The number of nitrogens with zero attached hydrogens (tertiary/aromatic N) is 1. The van der Waals surface area contributed by atoms with Gasteiger partial charge < -0.3 is 5.32 Å². The van der Waals surface area contributed by atoms with E-state index in [-0.39, 0.29) is 10.8 Å². The summed E-state index contributed by atoms with van der Waals surface area (Å²) in [6.07, 6.45) is 0. The molecule has 6 heteroatoms. The van der Waals surface area contributed by atoms with Crippen molar-refractivity contribution in [2.75, 3.05) is 16.7 Å². The number of anilines is 2. The van der Waals surface area contributed by atoms with Gasteiger partial charge in [-0.3, -0.25) is 9.10 Å². The number of carbonyl (C=O) groups is 1. The Labute approximate surface area is 137 Å². The minimum atomic E-state index is -3.66. The number of benzene rings is 2. The van der Waals surface area contributed by atoms with Gasteiger partial charge in [-0.1, -0.05) is 12.1 Å². The van der Waals surface area contributed by atoms with E-state index in [0.29, 0.717) is 11.4 Å². The summed E-state index contributed by atoms with van der Waals surface area (Å²) < 4.78 is 26.8. The van der Waals surface area contributed by atoms with Crippen molar-refractivity contribution < 1.29 is 13.2 Å². The molecule has 0 saturated heterocycles. The Morgan fingerprint density at radius 3 is 2.22 bits per heavy atom. The molecule has 2 aromatic rings. The second-order valence-electron chi connectivity index (χ2n) is 5.47. The van der Waals surface area contributed by atoms with Gasteiger partial charge in [0.2, 0.25) is 5.91 Å². The summed E-state index contributed by atoms with van der Waals surface area (Å²) in [6, 6.07) is 11.8. The van der Waals surface area contributed by atoms with Crippen molar-refractivity contribution in [3.63, 3.8) is 0 Å². The molecule has 0 saturated carbocycles. The first-order valence-electron chi connectivity index (χ1n) is 7.15. The van der Waals surface area contributed by atoms with Gasteiger partial charge in [-0.05, 0) is 55.3 Å². The largest absolute Gasteiger partial charge is 0.326 e. The van der Waals surface area contributed by atoms with Crippen LogP contribution in [-0.2, 0) is 14.8 Å². The Kier molecular flexibility index (Phi) is 4.75. The number of aryl methyl sites for hydroxylation is 2. The Hall–Kier alpha value is -2.34. The lowest BCUT2D eigenvalue weighted by atomic mass is 10.1. The molecule has 1 N–H and O–H groups in total. The van der Waals surface area contributed by atoms with Crippen LogP contribution in [0.3, 0.4) is 0 Å². The normalized spacial score (nSPS) is 11.1. The van der Waals surface area contributed by atoms with Gasteiger partial charge in [0.15, 0.2) is 0 Å². The third-order valence-electron chi connectivity index (χ3n) is 3.54. The molecule has 0 radical (unpaired) electrons. The summed E-state index contributed by atoms with van der Waals surface area (Å²) >= 11 is 0. The van der Waals surface area contributed by atoms with Gasteiger partial charge in [0.05, 0.1) is 10.6 Å². The lowest BCUT2D eigenvalue weighted by Crippen LogP contribution is -2.27. The summed E-state index contributed by atoms with van der Waals surface area (Å²) in [4.78, 5) is 11.2. The fourth-order valence-electron chi connectivity index (χ4n) is 2.26. The maximum absolute atomic E-state index is 12.8. The molecule has 0 fully saturated rings. The molecule has 0 aliphatic carbocycles. The van der Waals surface area contributed by atoms with E-state index in [1.165, 1.54) is 23.4 Å². The number of carbonyl (C=O) groups excluding carboxylic acids is 1. The van der Waals surface area contributed by atoms with Crippen molar-refractivity contribution in [3.05, 3.63) is 53.6 Å². The molecule has 2 rings (SSSR count). The predicted octanol–water partition coefficient (Wildman–Crippen LogP) is 3.09. The molecule has 0 spiro atoms. The molecule has 0 bridgehead atoms. The molecule has 1 amide bonds. The Balaban J connectivity index is 2.37. The first-order valence-corrected chi connectivity index (χ1v) is 8.59. The molecule has 122 valence electrons. The van der Waals surface area contributed by atoms with Crippen molar-refractivity contribution in [2.24, 2.45) is 0 Å². The van der Waals surface area contributed by atoms with Gasteiger partial charge in [-0.2, -0.15) is 0 Å². The minimum absolute atomic E-state index is 0.176. The number of hydrogen-bond donors (Lipinski definition) is 1. The van der Waals surface area contributed by atoms with Crippen LogP contribution in [-0.4, -0.2) is 21.4 Å². The summed E-state index contributed by atoms with van der Waals surface area (Å²) in [6.45, 7) is 5.20. The van der Waals surface area contributed by atoms with Crippen molar-refractivity contribution in [1.29, 1.82) is 0 Å². The van der Waals surface area contributed by atoms with Crippen molar-refractivity contribution in [1.82, 2.24) is 0 Å². The summed E-state index contributed by atoms with van der Waals surface area (Å²) in [5, 5.41) is 2.61. The number of hydrogen-bond acceptors (Lipinski definition) is 3. The molecule has 0 atom stereocenters. The third-order valence-corrected chi connectivity index (χ3v) is 5.32. The van der Waals surface area contributed by atoms with Gasteiger partial charge in [0, 0.05) is 19.7 Å². The fraction of sp³-hybridized carbons (Fsp3) is 0.235. The van der Waals surface area contributed by atoms with Crippen LogP contribution in [0.15, 0.2) is 47.4 Å². The Bertz CT molecular complexity index is 827. The maximum Gasteiger partial charge on any atom is 0.264 e. The van der Waals surface area contributed by atoms with E-state index in [0.717, 1.165) is 11.1 Å². The number of amides is 1. The third kappa shape index (κ3) is 3.71. The van der Waals surface area contributed by atoms with Crippen molar-refractivity contribution in [3.8, 4) is 0 Å². The SMILES string of the molecule is CC(=O)Nc1ccc(S(=O)(=O)N(C)c2cc(C)ccc2C)cc1. The topological polar surface area (TPSA) is 66.5 Å². The van der Waals surface area contributed by atoms with Gasteiger partial charge in [0.1, 0.15) is 0 Å². The monoisotopic (exact) mass is 332 g/mol. The van der Waals surface area contributed by atoms with E-state index in [1.54, 1.807) is 19.2 Å². The zero-order chi connectivity index (χ0) is 17.2. The fourth-order valence-corrected chi connectivity index (χ4v) is 3.51. The Morgan fingerprint density at radius 1 is 1.04 bits per heavy atom. The van der Waals surface area contributed by atoms with E-state index >= 15 is 0 Å². The van der Waals surface area contributed by atoms with E-state index in [9.17, 15) is 13.2 Å². The molecule has 0 aromatic heterocycles. The quantitative estimate of drug-likeness (QED) is 0.935. The smallest absolute Gasteiger partial charge is 0.264 e. The van der Waals surface area contributed by atoms with Crippen LogP contribution >= 0.6 is 0 Å². The van der Waals surface area contributed by atoms with Crippen LogP contribution in [0.25, 0.3) is 0 Å². The van der Waals surface area contributed by atoms with Crippen LogP contribution < -0.4 is 9.62 Å². The lowest BCUT2D eigenvalue weighted by molar-refractivity contribution is -0.114. The number of nitrogens with one attached hydrogen (secondary N) is 1. The highest BCUT2D eigenvalue weighted by molar-refractivity contribution is 7.92. The van der Waals surface area contributed by atoms with Gasteiger partial charge in [-0.15, -0.1) is 0 Å². The van der Waals surface area contributed by atoms with Gasteiger partial charge in [-0.25, -0.2) is 8.42 Å². The highest BCUT2D eigenvalue weighted by Crippen LogP contribution is 2.26.